The second kappa shape index (κ2) is 13.1. The van der Waals surface area contributed by atoms with E-state index in [4.69, 9.17) is 14.6 Å². The Kier molecular flexibility index (Phi) is 10.5. The molecule has 0 bridgehead atoms. The number of unbranched alkanes of at least 4 members (excludes halogenated alkanes) is 1. The molecule has 1 aromatic rings. The van der Waals surface area contributed by atoms with E-state index in [0.29, 0.717) is 38.0 Å². The van der Waals surface area contributed by atoms with Gasteiger partial charge in [0.1, 0.15) is 11.9 Å². The number of carbonyl (C=O) groups is 2. The van der Waals surface area contributed by atoms with Gasteiger partial charge in [0.25, 0.3) is 0 Å². The van der Waals surface area contributed by atoms with Crippen LogP contribution < -0.4 is 10.1 Å². The van der Waals surface area contributed by atoms with Crippen LogP contribution in [0.5, 0.6) is 5.75 Å². The van der Waals surface area contributed by atoms with Crippen molar-refractivity contribution in [2.45, 2.75) is 58.1 Å². The molecule has 0 aliphatic heterocycles. The number of carbonyl (C=O) groups excluding carboxylic acids is 2. The van der Waals surface area contributed by atoms with Gasteiger partial charge in [-0.3, -0.25) is 9.59 Å². The minimum atomic E-state index is -0.334. The first-order chi connectivity index (χ1) is 15.0. The lowest BCUT2D eigenvalue weighted by Gasteiger charge is -2.37. The van der Waals surface area contributed by atoms with E-state index in [-0.39, 0.29) is 37.1 Å². The smallest absolute Gasteiger partial charge is 0.247 e. The van der Waals surface area contributed by atoms with Crippen LogP contribution in [0.1, 0.15) is 44.6 Å². The van der Waals surface area contributed by atoms with E-state index in [9.17, 15) is 9.59 Å². The molecule has 0 aromatic heterocycles. The standard InChI is InChI=1S/C24H36N2O5/c1-4-5-10-23(28)26(12-14-30-3)20-15-19(24(29)25-11-13-27)16-21(17-20)31-22-9-7-6-8-18(22)2/h6-9,16,20-21,27H,4-5,10-15,17H2,1-3H3,(H,25,29). The summed E-state index contributed by atoms with van der Waals surface area (Å²) < 4.78 is 11.5. The summed E-state index contributed by atoms with van der Waals surface area (Å²) in [5.74, 6) is 0.612. The second-order valence-electron chi connectivity index (χ2n) is 7.87. The number of hydrogen-bond donors (Lipinski definition) is 2. The molecular weight excluding hydrogens is 396 g/mol. The summed E-state index contributed by atoms with van der Waals surface area (Å²) in [5.41, 5.74) is 1.59. The molecule has 7 heteroatoms. The Morgan fingerprint density at radius 3 is 2.74 bits per heavy atom. The fourth-order valence-electron chi connectivity index (χ4n) is 3.76. The molecule has 0 radical (unpaired) electrons. The van der Waals surface area contributed by atoms with Crippen molar-refractivity contribution in [3.8, 4) is 5.75 Å². The minimum absolute atomic E-state index is 0.0792. The number of rotatable bonds is 12. The summed E-state index contributed by atoms with van der Waals surface area (Å²) >= 11 is 0. The number of para-hydroxylation sites is 1. The van der Waals surface area contributed by atoms with Crippen LogP contribution in [0.4, 0.5) is 0 Å². The maximum atomic E-state index is 13.0. The Morgan fingerprint density at radius 1 is 1.29 bits per heavy atom. The summed E-state index contributed by atoms with van der Waals surface area (Å²) in [6, 6.07) is 7.60. The largest absolute Gasteiger partial charge is 0.486 e. The number of nitrogens with one attached hydrogen (secondary N) is 1. The Labute approximate surface area is 185 Å². The first-order valence-electron chi connectivity index (χ1n) is 11.1. The lowest BCUT2D eigenvalue weighted by atomic mass is 9.90. The number of hydrogen-bond acceptors (Lipinski definition) is 5. The van der Waals surface area contributed by atoms with Crippen molar-refractivity contribution in [2.75, 3.05) is 33.4 Å². The zero-order chi connectivity index (χ0) is 22.6. The van der Waals surface area contributed by atoms with Crippen LogP contribution in [0.25, 0.3) is 0 Å². The normalized spacial score (nSPS) is 18.3. The third-order valence-corrected chi connectivity index (χ3v) is 5.45. The topological polar surface area (TPSA) is 88.1 Å². The average Bonchev–Trinajstić information content (AvgIpc) is 2.77. The molecule has 2 rings (SSSR count). The van der Waals surface area contributed by atoms with Crippen LogP contribution >= 0.6 is 0 Å². The fraction of sp³-hybridized carbons (Fsp3) is 0.583. The fourth-order valence-corrected chi connectivity index (χ4v) is 3.76. The Hall–Kier alpha value is -2.38. The zero-order valence-electron chi connectivity index (χ0n) is 18.9. The summed E-state index contributed by atoms with van der Waals surface area (Å²) in [6.07, 6.45) is 4.83. The summed E-state index contributed by atoms with van der Waals surface area (Å²) in [6.45, 7) is 5.02. The quantitative estimate of drug-likeness (QED) is 0.530. The molecule has 2 unspecified atom stereocenters. The van der Waals surface area contributed by atoms with Crippen molar-refractivity contribution in [3.63, 3.8) is 0 Å². The van der Waals surface area contributed by atoms with Crippen LogP contribution in [0, 0.1) is 6.92 Å². The van der Waals surface area contributed by atoms with Gasteiger partial charge in [-0.05, 0) is 37.5 Å². The van der Waals surface area contributed by atoms with Gasteiger partial charge in [0.15, 0.2) is 0 Å². The Balaban J connectivity index is 2.26. The van der Waals surface area contributed by atoms with E-state index in [2.05, 4.69) is 12.2 Å². The molecule has 1 aliphatic carbocycles. The Morgan fingerprint density at radius 2 is 2.06 bits per heavy atom. The monoisotopic (exact) mass is 432 g/mol. The van der Waals surface area contributed by atoms with Crippen LogP contribution in [0.2, 0.25) is 0 Å². The lowest BCUT2D eigenvalue weighted by molar-refractivity contribution is -0.135. The first kappa shape index (κ1) is 24.9. The summed E-state index contributed by atoms with van der Waals surface area (Å²) in [7, 11) is 1.62. The number of nitrogens with zero attached hydrogens (tertiary/aromatic N) is 1. The maximum Gasteiger partial charge on any atom is 0.247 e. The SMILES string of the molecule is CCCCC(=O)N(CCOC)C1CC(C(=O)NCCO)=CC(Oc2ccccc2C)C1. The van der Waals surface area contributed by atoms with Crippen LogP contribution in [-0.2, 0) is 14.3 Å². The molecule has 172 valence electrons. The molecule has 2 N–H and O–H groups in total. The van der Waals surface area contributed by atoms with E-state index in [1.165, 1.54) is 0 Å². The van der Waals surface area contributed by atoms with Gasteiger partial charge in [-0.15, -0.1) is 0 Å². The van der Waals surface area contributed by atoms with E-state index < -0.39 is 0 Å². The van der Waals surface area contributed by atoms with Gasteiger partial charge in [0.2, 0.25) is 11.8 Å². The molecule has 0 spiro atoms. The van der Waals surface area contributed by atoms with Crippen LogP contribution in [0.3, 0.4) is 0 Å². The molecule has 2 atom stereocenters. The van der Waals surface area contributed by atoms with Crippen molar-refractivity contribution in [1.82, 2.24) is 10.2 Å². The van der Waals surface area contributed by atoms with Crippen LogP contribution in [0.15, 0.2) is 35.9 Å². The molecule has 2 amide bonds. The van der Waals surface area contributed by atoms with Gasteiger partial charge < -0.3 is 24.8 Å². The Bertz CT molecular complexity index is 749. The number of aliphatic hydroxyl groups excluding tert-OH is 1. The number of methoxy groups -OCH3 is 1. The number of aryl methyl sites for hydroxylation is 1. The molecule has 1 aliphatic rings. The molecule has 0 fully saturated rings. The van der Waals surface area contributed by atoms with Crippen molar-refractivity contribution < 1.29 is 24.2 Å². The van der Waals surface area contributed by atoms with Crippen molar-refractivity contribution >= 4 is 11.8 Å². The molecule has 0 heterocycles. The number of aliphatic hydroxyl groups is 1. The second-order valence-corrected chi connectivity index (χ2v) is 7.87. The van der Waals surface area contributed by atoms with Gasteiger partial charge in [-0.25, -0.2) is 0 Å². The summed E-state index contributed by atoms with van der Waals surface area (Å²) in [4.78, 5) is 27.5. The first-order valence-corrected chi connectivity index (χ1v) is 11.1. The zero-order valence-corrected chi connectivity index (χ0v) is 18.9. The highest BCUT2D eigenvalue weighted by Crippen LogP contribution is 2.28. The van der Waals surface area contributed by atoms with Gasteiger partial charge in [-0.2, -0.15) is 0 Å². The van der Waals surface area contributed by atoms with Crippen molar-refractivity contribution in [1.29, 1.82) is 0 Å². The highest BCUT2D eigenvalue weighted by Gasteiger charge is 2.33. The number of ether oxygens (including phenoxy) is 2. The van der Waals surface area contributed by atoms with Crippen molar-refractivity contribution in [2.24, 2.45) is 0 Å². The summed E-state index contributed by atoms with van der Waals surface area (Å²) in [5, 5.41) is 11.8. The highest BCUT2D eigenvalue weighted by molar-refractivity contribution is 5.94. The van der Waals surface area contributed by atoms with E-state index in [1.54, 1.807) is 7.11 Å². The molecule has 0 saturated carbocycles. The highest BCUT2D eigenvalue weighted by atomic mass is 16.5. The number of benzene rings is 1. The lowest BCUT2D eigenvalue weighted by Crippen LogP contribution is -2.47. The average molecular weight is 433 g/mol. The predicted octanol–water partition coefficient (Wildman–Crippen LogP) is 2.60. The molecule has 1 aromatic carbocycles. The van der Waals surface area contributed by atoms with Gasteiger partial charge in [-0.1, -0.05) is 31.5 Å². The molecular formula is C24H36N2O5. The maximum absolute atomic E-state index is 13.0. The van der Waals surface area contributed by atoms with E-state index >= 15 is 0 Å². The van der Waals surface area contributed by atoms with E-state index in [0.717, 1.165) is 24.2 Å². The van der Waals surface area contributed by atoms with Crippen molar-refractivity contribution in [3.05, 3.63) is 41.5 Å². The van der Waals surface area contributed by atoms with E-state index in [1.807, 2.05) is 42.2 Å². The minimum Gasteiger partial charge on any atom is -0.486 e. The van der Waals surface area contributed by atoms with Crippen LogP contribution in [-0.4, -0.2) is 67.4 Å². The molecule has 31 heavy (non-hydrogen) atoms. The third-order valence-electron chi connectivity index (χ3n) is 5.45. The molecule has 0 saturated heterocycles. The molecule has 7 nitrogen and oxygen atoms in total. The van der Waals surface area contributed by atoms with Gasteiger partial charge in [0.05, 0.1) is 13.2 Å². The third kappa shape index (κ3) is 7.67. The number of amides is 2. The predicted molar refractivity (Wildman–Crippen MR) is 120 cm³/mol. The van der Waals surface area contributed by atoms with Gasteiger partial charge in [0, 0.05) is 44.7 Å². The van der Waals surface area contributed by atoms with Gasteiger partial charge >= 0.3 is 0 Å².